The van der Waals surface area contributed by atoms with Crippen molar-refractivity contribution in [2.24, 2.45) is 0 Å². The second kappa shape index (κ2) is 9.98. The highest BCUT2D eigenvalue weighted by molar-refractivity contribution is 9.10. The number of anilines is 1. The highest BCUT2D eigenvalue weighted by Gasteiger charge is 2.30. The minimum Gasteiger partial charge on any atom is -0.358 e. The van der Waals surface area contributed by atoms with E-state index in [-0.39, 0.29) is 6.04 Å². The van der Waals surface area contributed by atoms with Gasteiger partial charge in [-0.1, -0.05) is 28.9 Å². The molecular weight excluding hydrogens is 440 g/mol. The number of hydrogen-bond donors (Lipinski definition) is 2. The largest absolute Gasteiger partial charge is 0.358 e. The predicted octanol–water partition coefficient (Wildman–Crippen LogP) is 4.56. The lowest BCUT2D eigenvalue weighted by molar-refractivity contribution is 0.0883. The first kappa shape index (κ1) is 20.7. The lowest BCUT2D eigenvalue weighted by Gasteiger charge is -2.41. The number of benzene rings is 1. The van der Waals surface area contributed by atoms with Gasteiger partial charge >= 0.3 is 0 Å². The molecular formula is C20H27BrN4S2. The summed E-state index contributed by atoms with van der Waals surface area (Å²) >= 11 is 10.9. The molecule has 1 aliphatic heterocycles. The third-order valence-corrected chi connectivity index (χ3v) is 6.71. The normalized spacial score (nSPS) is 18.0. The van der Waals surface area contributed by atoms with Gasteiger partial charge in [-0.25, -0.2) is 0 Å². The molecule has 7 heteroatoms. The molecule has 0 spiro atoms. The van der Waals surface area contributed by atoms with Gasteiger partial charge in [0.15, 0.2) is 5.11 Å². The summed E-state index contributed by atoms with van der Waals surface area (Å²) in [5.74, 6) is 0. The molecule has 0 bridgehead atoms. The molecule has 4 nitrogen and oxygen atoms in total. The number of thiophene rings is 1. The van der Waals surface area contributed by atoms with E-state index >= 15 is 0 Å². The Balaban J connectivity index is 1.65. The van der Waals surface area contributed by atoms with Gasteiger partial charge < -0.3 is 15.5 Å². The number of rotatable bonds is 6. The van der Waals surface area contributed by atoms with Gasteiger partial charge in [-0.3, -0.25) is 4.90 Å². The van der Waals surface area contributed by atoms with Gasteiger partial charge in [0, 0.05) is 47.3 Å². The SMILES string of the molecule is CCN1CCN([C@@H](c2cccs2)[C@H](C)NC(=S)Nc2ccc(Br)cc2)CC1. The highest BCUT2D eigenvalue weighted by Crippen LogP contribution is 2.29. The van der Waals surface area contributed by atoms with E-state index in [4.69, 9.17) is 12.2 Å². The topological polar surface area (TPSA) is 30.5 Å². The molecule has 0 amide bonds. The van der Waals surface area contributed by atoms with Crippen LogP contribution in [0, 0.1) is 0 Å². The molecule has 2 atom stereocenters. The molecule has 1 saturated heterocycles. The van der Waals surface area contributed by atoms with E-state index in [1.807, 2.05) is 35.6 Å². The number of thiocarbonyl (C=S) groups is 1. The monoisotopic (exact) mass is 466 g/mol. The molecule has 1 fully saturated rings. The Bertz CT molecular complexity index is 712. The van der Waals surface area contributed by atoms with E-state index < -0.39 is 0 Å². The molecule has 2 N–H and O–H groups in total. The fourth-order valence-corrected chi connectivity index (χ4v) is 5.08. The number of piperazine rings is 1. The van der Waals surface area contributed by atoms with E-state index in [2.05, 4.69) is 67.7 Å². The molecule has 1 aliphatic rings. The second-order valence-corrected chi connectivity index (χ2v) is 9.13. The minimum atomic E-state index is 0.215. The third-order valence-electron chi connectivity index (χ3n) is 5.02. The summed E-state index contributed by atoms with van der Waals surface area (Å²) in [4.78, 5) is 6.50. The Labute approximate surface area is 180 Å². The first-order valence-electron chi connectivity index (χ1n) is 9.39. The van der Waals surface area contributed by atoms with E-state index in [0.717, 1.165) is 42.9 Å². The van der Waals surface area contributed by atoms with Crippen molar-refractivity contribution in [1.29, 1.82) is 0 Å². The maximum Gasteiger partial charge on any atom is 0.171 e. The fourth-order valence-electron chi connectivity index (χ4n) is 3.55. The van der Waals surface area contributed by atoms with Crippen molar-refractivity contribution >= 4 is 50.3 Å². The van der Waals surface area contributed by atoms with Crippen molar-refractivity contribution in [2.45, 2.75) is 25.9 Å². The second-order valence-electron chi connectivity index (χ2n) is 6.82. The molecule has 0 unspecified atom stereocenters. The van der Waals surface area contributed by atoms with E-state index in [0.29, 0.717) is 11.2 Å². The Morgan fingerprint density at radius 2 is 1.89 bits per heavy atom. The van der Waals surface area contributed by atoms with Crippen molar-refractivity contribution in [3.8, 4) is 0 Å². The van der Waals surface area contributed by atoms with Crippen LogP contribution in [0.4, 0.5) is 5.69 Å². The summed E-state index contributed by atoms with van der Waals surface area (Å²) in [6.45, 7) is 10.0. The van der Waals surface area contributed by atoms with Crippen molar-refractivity contribution in [1.82, 2.24) is 15.1 Å². The first-order chi connectivity index (χ1) is 13.1. The number of hydrogen-bond acceptors (Lipinski definition) is 4. The van der Waals surface area contributed by atoms with Crippen LogP contribution >= 0.6 is 39.5 Å². The van der Waals surface area contributed by atoms with Gasteiger partial charge in [0.05, 0.1) is 6.04 Å². The lowest BCUT2D eigenvalue weighted by Crippen LogP contribution is -2.52. The Hall–Kier alpha value is -0.990. The van der Waals surface area contributed by atoms with Crippen LogP contribution in [-0.4, -0.2) is 53.7 Å². The van der Waals surface area contributed by atoms with E-state index in [1.165, 1.54) is 4.88 Å². The van der Waals surface area contributed by atoms with Crippen LogP contribution in [0.1, 0.15) is 24.8 Å². The smallest absolute Gasteiger partial charge is 0.171 e. The standard InChI is InChI=1S/C20H27BrN4S2/c1-3-24-10-12-25(13-11-24)19(18-5-4-14-27-18)15(2)22-20(26)23-17-8-6-16(21)7-9-17/h4-9,14-15,19H,3,10-13H2,1-2H3,(H2,22,23,26)/t15-,19+/m0/s1. The van der Waals surface area contributed by atoms with Crippen LogP contribution in [0.2, 0.25) is 0 Å². The molecule has 1 aromatic carbocycles. The first-order valence-corrected chi connectivity index (χ1v) is 11.5. The van der Waals surface area contributed by atoms with Gasteiger partial charge in [0.2, 0.25) is 0 Å². The molecule has 27 heavy (non-hydrogen) atoms. The Morgan fingerprint density at radius 3 is 2.48 bits per heavy atom. The summed E-state index contributed by atoms with van der Waals surface area (Å²) < 4.78 is 1.06. The van der Waals surface area contributed by atoms with Crippen LogP contribution in [0.5, 0.6) is 0 Å². The highest BCUT2D eigenvalue weighted by atomic mass is 79.9. The van der Waals surface area contributed by atoms with Crippen LogP contribution in [-0.2, 0) is 0 Å². The van der Waals surface area contributed by atoms with Crippen LogP contribution in [0.3, 0.4) is 0 Å². The average molecular weight is 468 g/mol. The van der Waals surface area contributed by atoms with Crippen molar-refractivity contribution in [3.63, 3.8) is 0 Å². The van der Waals surface area contributed by atoms with Crippen molar-refractivity contribution in [3.05, 3.63) is 51.1 Å². The minimum absolute atomic E-state index is 0.215. The zero-order valence-electron chi connectivity index (χ0n) is 15.8. The molecule has 0 radical (unpaired) electrons. The maximum atomic E-state index is 5.58. The van der Waals surface area contributed by atoms with Gasteiger partial charge in [-0.15, -0.1) is 11.3 Å². The van der Waals surface area contributed by atoms with Gasteiger partial charge in [0.25, 0.3) is 0 Å². The quantitative estimate of drug-likeness (QED) is 0.609. The third kappa shape index (κ3) is 5.74. The Kier molecular flexibility index (Phi) is 7.66. The summed E-state index contributed by atoms with van der Waals surface area (Å²) in [5.41, 5.74) is 0.993. The summed E-state index contributed by atoms with van der Waals surface area (Å²) in [5, 5.41) is 9.64. The molecule has 2 aromatic rings. The summed E-state index contributed by atoms with van der Waals surface area (Å²) in [7, 11) is 0. The number of nitrogens with zero attached hydrogens (tertiary/aromatic N) is 2. The maximum absolute atomic E-state index is 5.58. The van der Waals surface area contributed by atoms with Gasteiger partial charge in [-0.2, -0.15) is 0 Å². The fraction of sp³-hybridized carbons (Fsp3) is 0.450. The van der Waals surface area contributed by atoms with Gasteiger partial charge in [-0.05, 0) is 61.4 Å². The van der Waals surface area contributed by atoms with Crippen LogP contribution in [0.25, 0.3) is 0 Å². The molecule has 146 valence electrons. The number of nitrogens with one attached hydrogen (secondary N) is 2. The number of likely N-dealkylation sites (N-methyl/N-ethyl adjacent to an activating group) is 1. The summed E-state index contributed by atoms with van der Waals surface area (Å²) in [6, 6.07) is 13.0. The Morgan fingerprint density at radius 1 is 1.19 bits per heavy atom. The van der Waals surface area contributed by atoms with E-state index in [1.54, 1.807) is 0 Å². The molecule has 3 rings (SSSR count). The van der Waals surface area contributed by atoms with Crippen molar-refractivity contribution < 1.29 is 0 Å². The predicted molar refractivity (Wildman–Crippen MR) is 124 cm³/mol. The molecule has 1 aromatic heterocycles. The zero-order chi connectivity index (χ0) is 19.2. The number of halogens is 1. The molecule has 2 heterocycles. The van der Waals surface area contributed by atoms with Crippen LogP contribution < -0.4 is 10.6 Å². The van der Waals surface area contributed by atoms with Crippen molar-refractivity contribution in [2.75, 3.05) is 38.0 Å². The molecule has 0 aliphatic carbocycles. The lowest BCUT2D eigenvalue weighted by atomic mass is 10.1. The average Bonchev–Trinajstić information content (AvgIpc) is 3.18. The van der Waals surface area contributed by atoms with Crippen LogP contribution in [0.15, 0.2) is 46.3 Å². The summed E-state index contributed by atoms with van der Waals surface area (Å²) in [6.07, 6.45) is 0. The van der Waals surface area contributed by atoms with Gasteiger partial charge in [0.1, 0.15) is 0 Å². The zero-order valence-corrected chi connectivity index (χ0v) is 19.0. The van der Waals surface area contributed by atoms with E-state index in [9.17, 15) is 0 Å². The molecule has 0 saturated carbocycles.